The molecule has 1 aliphatic rings. The van der Waals surface area contributed by atoms with Gasteiger partial charge in [0.05, 0.1) is 11.8 Å². The maximum Gasteiger partial charge on any atom is 0.244 e. The summed E-state index contributed by atoms with van der Waals surface area (Å²) in [4.78, 5) is 4.55. The van der Waals surface area contributed by atoms with Crippen molar-refractivity contribution in [1.29, 1.82) is 0 Å². The number of fused-ring (bicyclic) bond motifs is 1. The number of nitrogens with zero attached hydrogens (tertiary/aromatic N) is 2. The maximum absolute atomic E-state index is 5.45. The number of benzene rings is 1. The maximum atomic E-state index is 5.45. The quantitative estimate of drug-likeness (QED) is 0.916. The lowest BCUT2D eigenvalue weighted by Crippen LogP contribution is -2.28. The summed E-state index contributed by atoms with van der Waals surface area (Å²) in [6, 6.07) is 8.65. The highest BCUT2D eigenvalue weighted by Gasteiger charge is 2.24. The van der Waals surface area contributed by atoms with Gasteiger partial charge in [-0.15, -0.1) is 0 Å². The van der Waals surface area contributed by atoms with Crippen LogP contribution in [0.4, 0.5) is 0 Å². The van der Waals surface area contributed by atoms with Crippen LogP contribution in [0.1, 0.15) is 49.2 Å². The fourth-order valence-corrected chi connectivity index (χ4v) is 3.22. The second-order valence-electron chi connectivity index (χ2n) is 5.49. The predicted octanol–water partition coefficient (Wildman–Crippen LogP) is 3.49. The topological polar surface area (TPSA) is 51.0 Å². The van der Waals surface area contributed by atoms with Crippen LogP contribution in [0, 0.1) is 0 Å². The zero-order valence-corrected chi connectivity index (χ0v) is 13.3. The van der Waals surface area contributed by atoms with Crippen molar-refractivity contribution in [2.24, 2.45) is 0 Å². The Hall–Kier alpha value is -1.33. The van der Waals surface area contributed by atoms with Crippen molar-refractivity contribution < 1.29 is 4.52 Å². The molecular weight excluding hydrogens is 282 g/mol. The Morgan fingerprint density at radius 3 is 3.00 bits per heavy atom. The van der Waals surface area contributed by atoms with Gasteiger partial charge in [0, 0.05) is 11.8 Å². The zero-order chi connectivity index (χ0) is 14.7. The Labute approximate surface area is 129 Å². The number of aromatic nitrogens is 2. The molecule has 5 heteroatoms. The third kappa shape index (κ3) is 3.47. The van der Waals surface area contributed by atoms with Crippen LogP contribution in [-0.4, -0.2) is 15.4 Å². The third-order valence-electron chi connectivity index (χ3n) is 3.94. The van der Waals surface area contributed by atoms with Crippen molar-refractivity contribution in [3.8, 4) is 0 Å². The van der Waals surface area contributed by atoms with E-state index in [0.717, 1.165) is 31.0 Å². The van der Waals surface area contributed by atoms with E-state index in [4.69, 9.17) is 4.52 Å². The molecule has 1 N–H and O–H groups in total. The number of rotatable bonds is 5. The fourth-order valence-electron chi connectivity index (χ4n) is 2.43. The normalized spacial score (nSPS) is 19.2. The van der Waals surface area contributed by atoms with Gasteiger partial charge >= 0.3 is 0 Å². The van der Waals surface area contributed by atoms with E-state index in [-0.39, 0.29) is 6.04 Å². The molecule has 0 saturated heterocycles. The van der Waals surface area contributed by atoms with E-state index in [2.05, 4.69) is 53.6 Å². The van der Waals surface area contributed by atoms with Crippen molar-refractivity contribution in [3.05, 3.63) is 47.1 Å². The molecular formula is C16H21N3OS. The van der Waals surface area contributed by atoms with Crippen molar-refractivity contribution in [2.75, 3.05) is 0 Å². The molecule has 3 rings (SSSR count). The zero-order valence-electron chi connectivity index (χ0n) is 12.5. The molecule has 2 heterocycles. The van der Waals surface area contributed by atoms with Gasteiger partial charge in [0.1, 0.15) is 0 Å². The molecule has 1 aromatic carbocycles. The first-order valence-electron chi connectivity index (χ1n) is 7.50. The molecule has 2 atom stereocenters. The van der Waals surface area contributed by atoms with Crippen LogP contribution < -0.4 is 5.32 Å². The van der Waals surface area contributed by atoms with E-state index < -0.39 is 0 Å². The summed E-state index contributed by atoms with van der Waals surface area (Å²) in [6.07, 6.45) is 2.08. The first-order valence-corrected chi connectivity index (χ1v) is 8.55. The number of hydrogen-bond acceptors (Lipinski definition) is 5. The largest absolute Gasteiger partial charge is 0.338 e. The van der Waals surface area contributed by atoms with Gasteiger partial charge in [-0.3, -0.25) is 0 Å². The van der Waals surface area contributed by atoms with Gasteiger partial charge in [-0.25, -0.2) is 0 Å². The Kier molecular flexibility index (Phi) is 4.60. The molecule has 1 aliphatic heterocycles. The monoisotopic (exact) mass is 303 g/mol. The summed E-state index contributed by atoms with van der Waals surface area (Å²) >= 11 is 1.87. The minimum absolute atomic E-state index is 0.134. The molecule has 0 fully saturated rings. The standard InChI is InChI=1S/C16H21N3OS/c1-3-11(2)21-10-15-18-16(20-19-15)14-8-12-6-4-5-7-13(12)9-17-14/h4-7,11,14,17H,3,8-10H2,1-2H3. The van der Waals surface area contributed by atoms with Crippen LogP contribution in [0.3, 0.4) is 0 Å². The SMILES string of the molecule is CCC(C)SCc1noc(C2Cc3ccccc3CN2)n1. The number of thioether (sulfide) groups is 1. The van der Waals surface area contributed by atoms with Gasteiger partial charge in [0.2, 0.25) is 5.89 Å². The summed E-state index contributed by atoms with van der Waals surface area (Å²) in [6.45, 7) is 5.29. The van der Waals surface area contributed by atoms with Gasteiger partial charge in [0.25, 0.3) is 0 Å². The number of hydrogen-bond donors (Lipinski definition) is 1. The summed E-state index contributed by atoms with van der Waals surface area (Å²) in [5.41, 5.74) is 2.73. The minimum atomic E-state index is 0.134. The van der Waals surface area contributed by atoms with E-state index in [1.165, 1.54) is 11.1 Å². The molecule has 0 bridgehead atoms. The average Bonchev–Trinajstić information content (AvgIpc) is 3.01. The molecule has 0 amide bonds. The third-order valence-corrected chi connectivity index (χ3v) is 5.26. The molecule has 0 radical (unpaired) electrons. The van der Waals surface area contributed by atoms with Gasteiger partial charge in [-0.05, 0) is 24.0 Å². The predicted molar refractivity (Wildman–Crippen MR) is 85.1 cm³/mol. The van der Waals surface area contributed by atoms with E-state index in [9.17, 15) is 0 Å². The van der Waals surface area contributed by atoms with E-state index in [1.807, 2.05) is 11.8 Å². The lowest BCUT2D eigenvalue weighted by Gasteiger charge is -2.23. The van der Waals surface area contributed by atoms with Crippen LogP contribution in [0.2, 0.25) is 0 Å². The van der Waals surface area contributed by atoms with E-state index >= 15 is 0 Å². The molecule has 21 heavy (non-hydrogen) atoms. The lowest BCUT2D eigenvalue weighted by atomic mass is 9.96. The highest BCUT2D eigenvalue weighted by molar-refractivity contribution is 7.99. The molecule has 0 aliphatic carbocycles. The van der Waals surface area contributed by atoms with E-state index in [1.54, 1.807) is 0 Å². The highest BCUT2D eigenvalue weighted by atomic mass is 32.2. The molecule has 0 spiro atoms. The van der Waals surface area contributed by atoms with Crippen molar-refractivity contribution in [1.82, 2.24) is 15.5 Å². The van der Waals surface area contributed by atoms with E-state index in [0.29, 0.717) is 11.1 Å². The van der Waals surface area contributed by atoms with Crippen LogP contribution in [0.5, 0.6) is 0 Å². The second kappa shape index (κ2) is 6.62. The lowest BCUT2D eigenvalue weighted by molar-refractivity contribution is 0.319. The van der Waals surface area contributed by atoms with Gasteiger partial charge in [0.15, 0.2) is 5.82 Å². The average molecular weight is 303 g/mol. The Balaban J connectivity index is 1.65. The smallest absolute Gasteiger partial charge is 0.244 e. The number of nitrogens with one attached hydrogen (secondary N) is 1. The molecule has 1 aromatic heterocycles. The molecule has 112 valence electrons. The second-order valence-corrected chi connectivity index (χ2v) is 6.91. The molecule has 0 saturated carbocycles. The molecule has 2 aromatic rings. The Morgan fingerprint density at radius 1 is 1.38 bits per heavy atom. The van der Waals surface area contributed by atoms with Crippen molar-refractivity contribution in [2.45, 2.75) is 50.3 Å². The van der Waals surface area contributed by atoms with Crippen LogP contribution in [0.15, 0.2) is 28.8 Å². The van der Waals surface area contributed by atoms with Crippen LogP contribution >= 0.6 is 11.8 Å². The van der Waals surface area contributed by atoms with Gasteiger partial charge in [-0.1, -0.05) is 43.3 Å². The summed E-state index contributed by atoms with van der Waals surface area (Å²) in [7, 11) is 0. The summed E-state index contributed by atoms with van der Waals surface area (Å²) < 4.78 is 5.45. The first-order chi connectivity index (χ1) is 10.3. The first kappa shape index (κ1) is 14.6. The highest BCUT2D eigenvalue weighted by Crippen LogP contribution is 2.25. The fraction of sp³-hybridized carbons (Fsp3) is 0.500. The van der Waals surface area contributed by atoms with Crippen LogP contribution in [0.25, 0.3) is 0 Å². The minimum Gasteiger partial charge on any atom is -0.338 e. The van der Waals surface area contributed by atoms with Gasteiger partial charge in [-0.2, -0.15) is 16.7 Å². The molecule has 2 unspecified atom stereocenters. The van der Waals surface area contributed by atoms with Gasteiger partial charge < -0.3 is 9.84 Å². The summed E-state index contributed by atoms with van der Waals surface area (Å²) in [5, 5.41) is 8.22. The van der Waals surface area contributed by atoms with Crippen molar-refractivity contribution >= 4 is 11.8 Å². The Morgan fingerprint density at radius 2 is 2.19 bits per heavy atom. The molecule has 4 nitrogen and oxygen atoms in total. The van der Waals surface area contributed by atoms with Crippen molar-refractivity contribution in [3.63, 3.8) is 0 Å². The summed E-state index contributed by atoms with van der Waals surface area (Å²) in [5.74, 6) is 2.34. The van der Waals surface area contributed by atoms with Crippen LogP contribution in [-0.2, 0) is 18.7 Å². The Bertz CT molecular complexity index is 599.